The first-order valence-electron chi connectivity index (χ1n) is 3.10. The Labute approximate surface area is 62.3 Å². The molecule has 6 nitrogen and oxygen atoms in total. The molecule has 1 aliphatic heterocycles. The van der Waals surface area contributed by atoms with Gasteiger partial charge in [0.05, 0.1) is 0 Å². The van der Waals surface area contributed by atoms with Gasteiger partial charge in [-0.05, 0) is 0 Å². The molecule has 1 saturated heterocycles. The summed E-state index contributed by atoms with van der Waals surface area (Å²) in [7, 11) is 0. The lowest BCUT2D eigenvalue weighted by Crippen LogP contribution is -2.57. The van der Waals surface area contributed by atoms with E-state index in [9.17, 15) is 0 Å². The summed E-state index contributed by atoms with van der Waals surface area (Å²) in [5.74, 6) is 0. The van der Waals surface area contributed by atoms with Crippen LogP contribution in [0.1, 0.15) is 0 Å². The van der Waals surface area contributed by atoms with Gasteiger partial charge in [0.2, 0.25) is 0 Å². The highest BCUT2D eigenvalue weighted by molar-refractivity contribution is 4.83. The number of aliphatic hydroxyl groups is 5. The van der Waals surface area contributed by atoms with Gasteiger partial charge in [0.1, 0.15) is 18.3 Å². The molecular weight excluding hydrogens is 156 g/mol. The minimum absolute atomic E-state index is 1.59. The van der Waals surface area contributed by atoms with Crippen molar-refractivity contribution in [3.05, 3.63) is 0 Å². The maximum Gasteiger partial charge on any atom is 0.186 e. The molecule has 0 aliphatic carbocycles. The monoisotopic (exact) mass is 166 g/mol. The van der Waals surface area contributed by atoms with E-state index in [2.05, 4.69) is 4.74 Å². The van der Waals surface area contributed by atoms with Gasteiger partial charge in [0, 0.05) is 0 Å². The molecule has 0 saturated carbocycles. The van der Waals surface area contributed by atoms with Crippen molar-refractivity contribution in [3.8, 4) is 0 Å². The van der Waals surface area contributed by atoms with Gasteiger partial charge in [-0.15, -0.1) is 0 Å². The van der Waals surface area contributed by atoms with Crippen LogP contribution in [0.2, 0.25) is 0 Å². The molecule has 2 unspecified atom stereocenters. The number of hydrogen-bond donors (Lipinski definition) is 5. The van der Waals surface area contributed by atoms with Crippen molar-refractivity contribution in [3.63, 3.8) is 0 Å². The van der Waals surface area contributed by atoms with Crippen LogP contribution in [0.15, 0.2) is 0 Å². The quantitative estimate of drug-likeness (QED) is 0.258. The van der Waals surface area contributed by atoms with E-state index in [0.29, 0.717) is 0 Å². The van der Waals surface area contributed by atoms with Crippen LogP contribution >= 0.6 is 0 Å². The zero-order chi connectivity index (χ0) is 8.59. The Morgan fingerprint density at radius 3 is 1.36 bits per heavy atom. The molecule has 1 rings (SSSR count). The average molecular weight is 166 g/mol. The van der Waals surface area contributed by atoms with Crippen LogP contribution < -0.4 is 0 Å². The van der Waals surface area contributed by atoms with E-state index in [4.69, 9.17) is 25.5 Å². The summed E-state index contributed by atoms with van der Waals surface area (Å²) in [5, 5.41) is 44.0. The molecule has 0 amide bonds. The normalized spacial score (nSPS) is 52.6. The Hall–Kier alpha value is -0.240. The Morgan fingerprint density at radius 2 is 1.00 bits per heavy atom. The van der Waals surface area contributed by atoms with Gasteiger partial charge < -0.3 is 30.3 Å². The van der Waals surface area contributed by atoms with E-state index >= 15 is 0 Å². The largest absolute Gasteiger partial charge is 0.387 e. The third kappa shape index (κ3) is 1.51. The van der Waals surface area contributed by atoms with Gasteiger partial charge in [0.25, 0.3) is 0 Å². The summed E-state index contributed by atoms with van der Waals surface area (Å²) < 4.78 is 4.23. The second-order valence-corrected chi connectivity index (χ2v) is 2.39. The molecule has 0 aromatic heterocycles. The van der Waals surface area contributed by atoms with E-state index in [1.165, 1.54) is 0 Å². The first-order valence-corrected chi connectivity index (χ1v) is 3.10. The number of ether oxygens (including phenoxy) is 1. The minimum Gasteiger partial charge on any atom is -0.387 e. The standard InChI is InChI=1S/C5H10O6/c6-1-2(7)4(9)11-5(10)3(1)8/h1-10H/t1?,2-,3-,4-,5?/m1/s1. The summed E-state index contributed by atoms with van der Waals surface area (Å²) >= 11 is 0. The predicted molar refractivity (Wildman–Crippen MR) is 31.1 cm³/mol. The molecular formula is C5H10O6. The molecule has 0 bridgehead atoms. The first-order chi connectivity index (χ1) is 5.04. The fourth-order valence-electron chi connectivity index (χ4n) is 0.843. The SMILES string of the molecule is OC1O[C@@H](O)[C@H](O)C(O)[C@H]1O. The topological polar surface area (TPSA) is 110 Å². The van der Waals surface area contributed by atoms with Crippen molar-refractivity contribution in [2.45, 2.75) is 30.9 Å². The van der Waals surface area contributed by atoms with Crippen LogP contribution in [0.5, 0.6) is 0 Å². The van der Waals surface area contributed by atoms with Gasteiger partial charge in [-0.1, -0.05) is 0 Å². The smallest absolute Gasteiger partial charge is 0.186 e. The number of hydrogen-bond acceptors (Lipinski definition) is 6. The van der Waals surface area contributed by atoms with Crippen molar-refractivity contribution < 1.29 is 30.3 Å². The highest BCUT2D eigenvalue weighted by atomic mass is 16.7. The zero-order valence-electron chi connectivity index (χ0n) is 5.53. The summed E-state index contributed by atoms with van der Waals surface area (Å²) in [5.41, 5.74) is 0. The average Bonchev–Trinajstić information content (AvgIpc) is 1.97. The van der Waals surface area contributed by atoms with Gasteiger partial charge in [0.15, 0.2) is 12.6 Å². The summed E-state index contributed by atoms with van der Waals surface area (Å²) in [6, 6.07) is 0. The van der Waals surface area contributed by atoms with Crippen LogP contribution in [0.25, 0.3) is 0 Å². The minimum atomic E-state index is -1.66. The van der Waals surface area contributed by atoms with Crippen LogP contribution in [-0.4, -0.2) is 56.4 Å². The van der Waals surface area contributed by atoms with Crippen LogP contribution in [0, 0.1) is 0 Å². The Kier molecular flexibility index (Phi) is 2.43. The van der Waals surface area contributed by atoms with Gasteiger partial charge in [-0.3, -0.25) is 0 Å². The second kappa shape index (κ2) is 3.02. The van der Waals surface area contributed by atoms with Crippen LogP contribution in [-0.2, 0) is 4.74 Å². The van der Waals surface area contributed by atoms with Crippen molar-refractivity contribution >= 4 is 0 Å². The maximum atomic E-state index is 8.89. The molecule has 1 fully saturated rings. The van der Waals surface area contributed by atoms with E-state index in [0.717, 1.165) is 0 Å². The van der Waals surface area contributed by atoms with Crippen molar-refractivity contribution in [2.24, 2.45) is 0 Å². The lowest BCUT2D eigenvalue weighted by Gasteiger charge is -2.35. The Balaban J connectivity index is 2.63. The van der Waals surface area contributed by atoms with Gasteiger partial charge in [-0.25, -0.2) is 0 Å². The molecule has 0 aromatic carbocycles. The van der Waals surface area contributed by atoms with E-state index in [1.807, 2.05) is 0 Å². The molecule has 66 valence electrons. The fourth-order valence-corrected chi connectivity index (χ4v) is 0.843. The molecule has 0 radical (unpaired) electrons. The highest BCUT2D eigenvalue weighted by Gasteiger charge is 2.42. The molecule has 1 heterocycles. The van der Waals surface area contributed by atoms with Crippen LogP contribution in [0.3, 0.4) is 0 Å². The predicted octanol–water partition coefficient (Wildman–Crippen LogP) is -3.26. The Bertz CT molecular complexity index is 125. The second-order valence-electron chi connectivity index (χ2n) is 2.39. The fraction of sp³-hybridized carbons (Fsp3) is 1.00. The first kappa shape index (κ1) is 8.85. The molecule has 0 aromatic rings. The molecule has 5 atom stereocenters. The zero-order valence-corrected chi connectivity index (χ0v) is 5.53. The number of rotatable bonds is 0. The Morgan fingerprint density at radius 1 is 0.636 bits per heavy atom. The van der Waals surface area contributed by atoms with Gasteiger partial charge >= 0.3 is 0 Å². The van der Waals surface area contributed by atoms with Crippen molar-refractivity contribution in [2.75, 3.05) is 0 Å². The maximum absolute atomic E-state index is 8.89. The lowest BCUT2D eigenvalue weighted by molar-refractivity contribution is -0.328. The molecule has 11 heavy (non-hydrogen) atoms. The summed E-state index contributed by atoms with van der Waals surface area (Å²) in [4.78, 5) is 0. The molecule has 0 spiro atoms. The van der Waals surface area contributed by atoms with Crippen molar-refractivity contribution in [1.82, 2.24) is 0 Å². The van der Waals surface area contributed by atoms with E-state index in [-0.39, 0.29) is 0 Å². The van der Waals surface area contributed by atoms with Gasteiger partial charge in [-0.2, -0.15) is 0 Å². The summed E-state index contributed by atoms with van der Waals surface area (Å²) in [6.07, 6.45) is -8.10. The molecule has 6 heteroatoms. The number of aliphatic hydroxyl groups excluding tert-OH is 5. The van der Waals surface area contributed by atoms with Crippen LogP contribution in [0.4, 0.5) is 0 Å². The third-order valence-electron chi connectivity index (χ3n) is 1.56. The third-order valence-corrected chi connectivity index (χ3v) is 1.56. The molecule has 5 N–H and O–H groups in total. The summed E-state index contributed by atoms with van der Waals surface area (Å²) in [6.45, 7) is 0. The highest BCUT2D eigenvalue weighted by Crippen LogP contribution is 2.17. The van der Waals surface area contributed by atoms with E-state index in [1.54, 1.807) is 0 Å². The van der Waals surface area contributed by atoms with Crippen molar-refractivity contribution in [1.29, 1.82) is 0 Å². The molecule has 1 aliphatic rings. The van der Waals surface area contributed by atoms with E-state index < -0.39 is 30.9 Å². The lowest BCUT2D eigenvalue weighted by atomic mass is 10.0.